The van der Waals surface area contributed by atoms with Crippen LogP contribution in [0.5, 0.6) is 0 Å². The van der Waals surface area contributed by atoms with Crippen LogP contribution in [0.3, 0.4) is 0 Å². The van der Waals surface area contributed by atoms with Crippen LogP contribution in [0.25, 0.3) is 0 Å². The van der Waals surface area contributed by atoms with Crippen LogP contribution < -0.4 is 0 Å². The van der Waals surface area contributed by atoms with E-state index in [-0.39, 0.29) is 11.8 Å². The van der Waals surface area contributed by atoms with Crippen molar-refractivity contribution in [3.8, 4) is 0 Å². The fraction of sp³-hybridized carbons (Fsp3) is 0.417. The molecule has 0 aromatic heterocycles. The second-order valence-electron chi connectivity index (χ2n) is 3.81. The Bertz CT molecular complexity index is 327. The lowest BCUT2D eigenvalue weighted by Gasteiger charge is -2.15. The summed E-state index contributed by atoms with van der Waals surface area (Å²) in [6, 6.07) is 9.90. The number of carbonyl (C=O) groups is 1. The molecule has 16 heavy (non-hydrogen) atoms. The van der Waals surface area contributed by atoms with Gasteiger partial charge in [0.15, 0.2) is 0 Å². The molecule has 1 aromatic carbocycles. The zero-order valence-electron chi connectivity index (χ0n) is 9.52. The monoisotopic (exact) mass is 241 g/mol. The molecule has 0 atom stereocenters. The molecule has 3 nitrogen and oxygen atoms in total. The summed E-state index contributed by atoms with van der Waals surface area (Å²) in [7, 11) is 0. The van der Waals surface area contributed by atoms with Crippen molar-refractivity contribution in [2.75, 3.05) is 6.61 Å². The Hall–Kier alpha value is -1.06. The zero-order valence-corrected chi connectivity index (χ0v) is 10.3. The first-order chi connectivity index (χ1) is 7.61. The average Bonchev–Trinajstić information content (AvgIpc) is 2.29. The van der Waals surface area contributed by atoms with E-state index in [1.165, 1.54) is 0 Å². The van der Waals surface area contributed by atoms with Gasteiger partial charge in [0.1, 0.15) is 0 Å². The van der Waals surface area contributed by atoms with Gasteiger partial charge in [-0.05, 0) is 12.0 Å². The van der Waals surface area contributed by atoms with Gasteiger partial charge in [-0.3, -0.25) is 9.63 Å². The molecule has 0 bridgehead atoms. The van der Waals surface area contributed by atoms with E-state index >= 15 is 0 Å². The van der Waals surface area contributed by atoms with Gasteiger partial charge in [-0.2, -0.15) is 0 Å². The summed E-state index contributed by atoms with van der Waals surface area (Å²) >= 11 is 5.65. The largest absolute Gasteiger partial charge is 0.271 e. The molecule has 88 valence electrons. The molecule has 0 N–H and O–H groups in total. The van der Waals surface area contributed by atoms with Crippen LogP contribution in [0.1, 0.15) is 19.4 Å². The first kappa shape index (κ1) is 13.0. The number of amides is 1. The molecular weight excluding hydrogens is 226 g/mol. The highest BCUT2D eigenvalue weighted by Crippen LogP contribution is 2.07. The summed E-state index contributed by atoms with van der Waals surface area (Å²) < 4.78 is 0.799. The van der Waals surface area contributed by atoms with Gasteiger partial charge in [-0.1, -0.05) is 44.2 Å². The lowest BCUT2D eigenvalue weighted by Crippen LogP contribution is -2.27. The molecule has 0 spiro atoms. The Kier molecular flexibility index (Phi) is 5.29. The Morgan fingerprint density at radius 1 is 1.38 bits per heavy atom. The number of rotatable bonds is 5. The van der Waals surface area contributed by atoms with Crippen molar-refractivity contribution >= 4 is 17.7 Å². The molecule has 0 fully saturated rings. The zero-order chi connectivity index (χ0) is 12.0. The summed E-state index contributed by atoms with van der Waals surface area (Å²) in [5.74, 6) is -0.385. The molecule has 0 heterocycles. The minimum absolute atomic E-state index is 0.158. The maximum absolute atomic E-state index is 11.4. The minimum Gasteiger partial charge on any atom is -0.271 e. The van der Waals surface area contributed by atoms with Crippen molar-refractivity contribution in [1.82, 2.24) is 4.58 Å². The van der Waals surface area contributed by atoms with Gasteiger partial charge in [-0.25, -0.2) is 0 Å². The number of halogens is 1. The quantitative estimate of drug-likeness (QED) is 0.586. The van der Waals surface area contributed by atoms with E-state index < -0.39 is 0 Å². The molecular formula is C12H16ClNO2. The van der Waals surface area contributed by atoms with E-state index in [1.807, 2.05) is 30.3 Å². The molecule has 0 radical (unpaired) electrons. The van der Waals surface area contributed by atoms with Crippen LogP contribution in [-0.4, -0.2) is 17.1 Å². The van der Waals surface area contributed by atoms with Crippen molar-refractivity contribution < 1.29 is 9.63 Å². The number of hydrogen-bond acceptors (Lipinski definition) is 2. The molecule has 1 rings (SSSR count). The van der Waals surface area contributed by atoms with E-state index in [4.69, 9.17) is 16.6 Å². The van der Waals surface area contributed by atoms with Crippen LogP contribution in [0, 0.1) is 5.92 Å². The normalized spacial score (nSPS) is 10.5. The fourth-order valence-electron chi connectivity index (χ4n) is 1.15. The minimum atomic E-state index is -0.227. The van der Waals surface area contributed by atoms with Crippen molar-refractivity contribution in [1.29, 1.82) is 0 Å². The van der Waals surface area contributed by atoms with Crippen LogP contribution in [0.2, 0.25) is 0 Å². The average molecular weight is 242 g/mol. The second-order valence-corrected chi connectivity index (χ2v) is 4.11. The number of nitrogens with zero attached hydrogens (tertiary/aromatic N) is 1. The topological polar surface area (TPSA) is 29.5 Å². The van der Waals surface area contributed by atoms with Gasteiger partial charge in [0.05, 0.1) is 6.61 Å². The number of hydroxylamine groups is 1. The maximum atomic E-state index is 11.4. The lowest BCUT2D eigenvalue weighted by atomic mass is 10.2. The highest BCUT2D eigenvalue weighted by molar-refractivity contribution is 6.20. The Morgan fingerprint density at radius 3 is 2.56 bits per heavy atom. The van der Waals surface area contributed by atoms with Crippen molar-refractivity contribution in [2.45, 2.75) is 20.3 Å². The molecule has 0 aliphatic heterocycles. The van der Waals surface area contributed by atoms with Crippen molar-refractivity contribution in [2.24, 2.45) is 5.92 Å². The predicted octanol–water partition coefficient (Wildman–Crippen LogP) is 2.80. The summed E-state index contributed by atoms with van der Waals surface area (Å²) in [6.07, 6.45) is 0.732. The molecule has 0 saturated carbocycles. The molecule has 0 aliphatic carbocycles. The summed E-state index contributed by atoms with van der Waals surface area (Å²) in [5.41, 5.74) is 1.16. The number of benzene rings is 1. The molecule has 0 aliphatic rings. The van der Waals surface area contributed by atoms with Crippen LogP contribution >= 0.6 is 11.8 Å². The van der Waals surface area contributed by atoms with Crippen molar-refractivity contribution in [3.05, 3.63) is 35.9 Å². The highest BCUT2D eigenvalue weighted by atomic mass is 35.5. The van der Waals surface area contributed by atoms with Gasteiger partial charge < -0.3 is 0 Å². The molecule has 0 saturated heterocycles. The van der Waals surface area contributed by atoms with Gasteiger partial charge in [0.2, 0.25) is 0 Å². The van der Waals surface area contributed by atoms with E-state index in [0.717, 1.165) is 16.6 Å². The maximum Gasteiger partial charge on any atom is 0.264 e. The van der Waals surface area contributed by atoms with Gasteiger partial charge >= 0.3 is 0 Å². The van der Waals surface area contributed by atoms with Crippen molar-refractivity contribution in [3.63, 3.8) is 0 Å². The SMILES string of the molecule is CC(C)C(=O)N(Cl)OCCc1ccccc1. The Balaban J connectivity index is 2.28. The predicted molar refractivity (Wildman–Crippen MR) is 63.6 cm³/mol. The highest BCUT2D eigenvalue weighted by Gasteiger charge is 2.15. The van der Waals surface area contributed by atoms with Gasteiger partial charge in [-0.15, -0.1) is 4.58 Å². The van der Waals surface area contributed by atoms with Crippen LogP contribution in [0.4, 0.5) is 0 Å². The molecule has 1 aromatic rings. The Labute approximate surface area is 101 Å². The third-order valence-corrected chi connectivity index (χ3v) is 2.37. The summed E-state index contributed by atoms with van der Waals surface area (Å²) in [5, 5.41) is 0. The van der Waals surface area contributed by atoms with E-state index in [0.29, 0.717) is 6.61 Å². The molecule has 4 heteroatoms. The van der Waals surface area contributed by atoms with Crippen LogP contribution in [-0.2, 0) is 16.1 Å². The molecule has 0 unspecified atom stereocenters. The standard InChI is InChI=1S/C12H16ClNO2/c1-10(2)12(15)14(13)16-9-8-11-6-4-3-5-7-11/h3-7,10H,8-9H2,1-2H3. The van der Waals surface area contributed by atoms with E-state index in [1.54, 1.807) is 13.8 Å². The fourth-order valence-corrected chi connectivity index (χ4v) is 1.42. The van der Waals surface area contributed by atoms with E-state index in [9.17, 15) is 4.79 Å². The van der Waals surface area contributed by atoms with Crippen LogP contribution in [0.15, 0.2) is 30.3 Å². The smallest absolute Gasteiger partial charge is 0.264 e. The van der Waals surface area contributed by atoms with Gasteiger partial charge in [0, 0.05) is 17.7 Å². The summed E-state index contributed by atoms with van der Waals surface area (Å²) in [6.45, 7) is 3.95. The number of hydrogen-bond donors (Lipinski definition) is 0. The van der Waals surface area contributed by atoms with E-state index in [2.05, 4.69) is 0 Å². The Morgan fingerprint density at radius 2 is 2.00 bits per heavy atom. The number of carbonyl (C=O) groups excluding carboxylic acids is 1. The third-order valence-electron chi connectivity index (χ3n) is 2.11. The molecule has 1 amide bonds. The van der Waals surface area contributed by atoms with Gasteiger partial charge in [0.25, 0.3) is 5.91 Å². The first-order valence-electron chi connectivity index (χ1n) is 5.28. The summed E-state index contributed by atoms with van der Waals surface area (Å²) in [4.78, 5) is 16.5. The second kappa shape index (κ2) is 6.51. The third kappa shape index (κ3) is 4.21. The lowest BCUT2D eigenvalue weighted by molar-refractivity contribution is -0.162. The first-order valence-corrected chi connectivity index (χ1v) is 5.61.